The summed E-state index contributed by atoms with van der Waals surface area (Å²) in [5.41, 5.74) is 8.39. The van der Waals surface area contributed by atoms with Crippen LogP contribution in [-0.2, 0) is 13.1 Å². The van der Waals surface area contributed by atoms with E-state index in [1.807, 2.05) is 16.9 Å². The monoisotopic (exact) mass is 341 g/mol. The third-order valence-electron chi connectivity index (χ3n) is 4.14. The molecule has 0 fully saturated rings. The van der Waals surface area contributed by atoms with Crippen molar-refractivity contribution in [3.05, 3.63) is 53.9 Å². The summed E-state index contributed by atoms with van der Waals surface area (Å²) >= 11 is 0. The van der Waals surface area contributed by atoms with Crippen molar-refractivity contribution in [3.8, 4) is 0 Å². The number of aromatic nitrogens is 2. The molecule has 2 aromatic rings. The second-order valence-electron chi connectivity index (χ2n) is 7.10. The summed E-state index contributed by atoms with van der Waals surface area (Å²) in [5, 5.41) is 7.53. The molecule has 0 bridgehead atoms. The highest BCUT2D eigenvalue weighted by molar-refractivity contribution is 5.78. The van der Waals surface area contributed by atoms with Crippen LogP contribution in [-0.4, -0.2) is 21.8 Å². The number of rotatable bonds is 9. The lowest BCUT2D eigenvalue weighted by Gasteiger charge is -2.15. The largest absolute Gasteiger partial charge is 0.370 e. The van der Waals surface area contributed by atoms with Crippen LogP contribution in [0.1, 0.15) is 51.2 Å². The fraction of sp³-hybridized carbons (Fsp3) is 0.500. The van der Waals surface area contributed by atoms with Gasteiger partial charge in [0.15, 0.2) is 5.96 Å². The first kappa shape index (κ1) is 19.0. The molecule has 0 saturated heterocycles. The van der Waals surface area contributed by atoms with E-state index in [0.29, 0.717) is 18.5 Å². The highest BCUT2D eigenvalue weighted by atomic mass is 15.3. The number of hydrogen-bond acceptors (Lipinski definition) is 2. The number of guanidine groups is 1. The van der Waals surface area contributed by atoms with Crippen LogP contribution in [0.5, 0.6) is 0 Å². The fourth-order valence-corrected chi connectivity index (χ4v) is 2.79. The lowest BCUT2D eigenvalue weighted by atomic mass is 10.0. The second-order valence-corrected chi connectivity index (χ2v) is 7.10. The molecule has 1 aromatic carbocycles. The standard InChI is InChI=1S/C20H31N5/c1-16(2)7-4-8-17(3)24-20(21)22-14-18-9-5-10-19(13-18)15-25-12-6-11-23-25/h5-6,9-13,16-17H,4,7-8,14-15H2,1-3H3,(H3,21,22,24). The van der Waals surface area contributed by atoms with Crippen molar-refractivity contribution < 1.29 is 0 Å². The van der Waals surface area contributed by atoms with Gasteiger partial charge in [-0.05, 0) is 36.5 Å². The maximum absolute atomic E-state index is 6.03. The van der Waals surface area contributed by atoms with Crippen LogP contribution < -0.4 is 11.1 Å². The van der Waals surface area contributed by atoms with Gasteiger partial charge in [-0.3, -0.25) is 4.68 Å². The van der Waals surface area contributed by atoms with Crippen molar-refractivity contribution in [2.45, 2.75) is 59.2 Å². The molecule has 0 radical (unpaired) electrons. The first-order chi connectivity index (χ1) is 12.0. The average Bonchev–Trinajstić information content (AvgIpc) is 3.06. The third kappa shape index (κ3) is 7.42. The number of nitrogens with one attached hydrogen (secondary N) is 1. The van der Waals surface area contributed by atoms with Crippen molar-refractivity contribution in [3.63, 3.8) is 0 Å². The highest BCUT2D eigenvalue weighted by Gasteiger charge is 2.04. The van der Waals surface area contributed by atoms with Gasteiger partial charge in [0.25, 0.3) is 0 Å². The van der Waals surface area contributed by atoms with E-state index in [9.17, 15) is 0 Å². The van der Waals surface area contributed by atoms with E-state index in [2.05, 4.69) is 60.4 Å². The molecule has 0 amide bonds. The summed E-state index contributed by atoms with van der Waals surface area (Å²) in [6.07, 6.45) is 7.35. The molecule has 0 aliphatic carbocycles. The maximum Gasteiger partial charge on any atom is 0.189 e. The minimum absolute atomic E-state index is 0.355. The van der Waals surface area contributed by atoms with Gasteiger partial charge in [0.2, 0.25) is 0 Å². The summed E-state index contributed by atoms with van der Waals surface area (Å²) in [4.78, 5) is 4.48. The van der Waals surface area contributed by atoms with Gasteiger partial charge in [0.1, 0.15) is 0 Å². The van der Waals surface area contributed by atoms with E-state index >= 15 is 0 Å². The van der Waals surface area contributed by atoms with E-state index in [4.69, 9.17) is 5.73 Å². The van der Waals surface area contributed by atoms with Crippen LogP contribution in [0.15, 0.2) is 47.7 Å². The number of hydrogen-bond donors (Lipinski definition) is 2. The summed E-state index contributed by atoms with van der Waals surface area (Å²) in [6, 6.07) is 10.7. The zero-order valence-electron chi connectivity index (χ0n) is 15.7. The Kier molecular flexibility index (Phi) is 7.51. The number of aliphatic imine (C=N–C) groups is 1. The van der Waals surface area contributed by atoms with Crippen LogP contribution in [0.2, 0.25) is 0 Å². The lowest BCUT2D eigenvalue weighted by molar-refractivity contribution is 0.493. The zero-order valence-corrected chi connectivity index (χ0v) is 15.7. The lowest BCUT2D eigenvalue weighted by Crippen LogP contribution is -2.38. The average molecular weight is 342 g/mol. The van der Waals surface area contributed by atoms with E-state index in [0.717, 1.165) is 24.4 Å². The van der Waals surface area contributed by atoms with Gasteiger partial charge in [-0.2, -0.15) is 5.10 Å². The topological polar surface area (TPSA) is 68.2 Å². The Morgan fingerprint density at radius 3 is 2.72 bits per heavy atom. The van der Waals surface area contributed by atoms with Crippen molar-refractivity contribution in [2.24, 2.45) is 16.6 Å². The van der Waals surface area contributed by atoms with Crippen LogP contribution in [0.4, 0.5) is 0 Å². The molecule has 5 nitrogen and oxygen atoms in total. The predicted molar refractivity (Wildman–Crippen MR) is 104 cm³/mol. The quantitative estimate of drug-likeness (QED) is 0.541. The number of benzene rings is 1. The van der Waals surface area contributed by atoms with Crippen molar-refractivity contribution in [2.75, 3.05) is 0 Å². The highest BCUT2D eigenvalue weighted by Crippen LogP contribution is 2.09. The van der Waals surface area contributed by atoms with E-state index in [1.165, 1.54) is 18.4 Å². The van der Waals surface area contributed by atoms with Crippen LogP contribution >= 0.6 is 0 Å². The van der Waals surface area contributed by atoms with E-state index in [1.54, 1.807) is 6.20 Å². The van der Waals surface area contributed by atoms with Gasteiger partial charge in [0.05, 0.1) is 13.1 Å². The Labute approximate surface area is 151 Å². The van der Waals surface area contributed by atoms with Gasteiger partial charge in [-0.1, -0.05) is 51.0 Å². The van der Waals surface area contributed by atoms with Gasteiger partial charge in [-0.25, -0.2) is 4.99 Å². The van der Waals surface area contributed by atoms with Crippen LogP contribution in [0.25, 0.3) is 0 Å². The zero-order chi connectivity index (χ0) is 18.1. The first-order valence-corrected chi connectivity index (χ1v) is 9.14. The summed E-state index contributed by atoms with van der Waals surface area (Å²) in [6.45, 7) is 8.03. The predicted octanol–water partition coefficient (Wildman–Crippen LogP) is 3.55. The Balaban J connectivity index is 1.81. The molecule has 1 heterocycles. The first-order valence-electron chi connectivity index (χ1n) is 9.14. The van der Waals surface area contributed by atoms with Gasteiger partial charge >= 0.3 is 0 Å². The summed E-state index contributed by atoms with van der Waals surface area (Å²) in [7, 11) is 0. The Hall–Kier alpha value is -2.30. The van der Waals surface area contributed by atoms with Crippen LogP contribution in [0, 0.1) is 5.92 Å². The molecule has 0 spiro atoms. The molecule has 136 valence electrons. The van der Waals surface area contributed by atoms with Crippen LogP contribution in [0.3, 0.4) is 0 Å². The molecule has 0 aliphatic heterocycles. The van der Waals surface area contributed by atoms with E-state index < -0.39 is 0 Å². The summed E-state index contributed by atoms with van der Waals surface area (Å²) in [5.74, 6) is 1.28. The fourth-order valence-electron chi connectivity index (χ4n) is 2.79. The van der Waals surface area contributed by atoms with Crippen molar-refractivity contribution in [1.29, 1.82) is 0 Å². The smallest absolute Gasteiger partial charge is 0.189 e. The minimum Gasteiger partial charge on any atom is -0.370 e. The molecule has 25 heavy (non-hydrogen) atoms. The number of nitrogens with two attached hydrogens (primary N) is 1. The molecule has 2 rings (SSSR count). The molecule has 0 saturated carbocycles. The molecule has 5 heteroatoms. The molecular formula is C20H31N5. The van der Waals surface area contributed by atoms with Gasteiger partial charge in [0, 0.05) is 18.4 Å². The maximum atomic E-state index is 6.03. The minimum atomic E-state index is 0.355. The SMILES string of the molecule is CC(C)CCCC(C)NC(N)=NCc1cccc(Cn2cccn2)c1. The van der Waals surface area contributed by atoms with Gasteiger partial charge in [-0.15, -0.1) is 0 Å². The second kappa shape index (κ2) is 9.87. The Bertz CT molecular complexity index is 646. The van der Waals surface area contributed by atoms with Crippen molar-refractivity contribution in [1.82, 2.24) is 15.1 Å². The molecule has 3 N–H and O–H groups in total. The molecular weight excluding hydrogens is 310 g/mol. The molecule has 1 unspecified atom stereocenters. The van der Waals surface area contributed by atoms with Crippen molar-refractivity contribution >= 4 is 5.96 Å². The molecule has 1 atom stereocenters. The third-order valence-corrected chi connectivity index (χ3v) is 4.14. The Morgan fingerprint density at radius 2 is 2.00 bits per heavy atom. The normalized spacial score (nSPS) is 13.2. The number of nitrogens with zero attached hydrogens (tertiary/aromatic N) is 3. The van der Waals surface area contributed by atoms with E-state index in [-0.39, 0.29) is 0 Å². The Morgan fingerprint density at radius 1 is 1.20 bits per heavy atom. The molecule has 1 aromatic heterocycles. The molecule has 0 aliphatic rings. The summed E-state index contributed by atoms with van der Waals surface area (Å²) < 4.78 is 1.91. The van der Waals surface area contributed by atoms with Gasteiger partial charge < -0.3 is 11.1 Å².